The van der Waals surface area contributed by atoms with Gasteiger partial charge in [0.2, 0.25) is 0 Å². The number of rotatable bonds is 4. The average molecular weight is 821 g/mol. The number of nitrogens with zero attached hydrogens (tertiary/aromatic N) is 4. The van der Waals surface area contributed by atoms with Crippen molar-refractivity contribution in [2.45, 2.75) is 0 Å². The lowest BCUT2D eigenvalue weighted by molar-refractivity contribution is 0.669. The van der Waals surface area contributed by atoms with E-state index in [1.807, 2.05) is 23.5 Å². The summed E-state index contributed by atoms with van der Waals surface area (Å²) in [6.07, 6.45) is 0. The van der Waals surface area contributed by atoms with Gasteiger partial charge in [-0.2, -0.15) is 0 Å². The second kappa shape index (κ2) is 13.2. The van der Waals surface area contributed by atoms with Crippen LogP contribution in [-0.2, 0) is 0 Å². The van der Waals surface area contributed by atoms with Gasteiger partial charge in [0.1, 0.15) is 11.2 Å². The first-order valence-electron chi connectivity index (χ1n) is 21.2. The van der Waals surface area contributed by atoms with Crippen LogP contribution in [0.5, 0.6) is 0 Å². The van der Waals surface area contributed by atoms with Crippen LogP contribution in [0.1, 0.15) is 0 Å². The number of hydrogen-bond acceptors (Lipinski definition) is 5. The molecule has 0 amide bonds. The molecule has 0 aliphatic heterocycles. The SMILES string of the molecule is c1ccc2cc(-c3nc(-c4cccc5c4oc4ccccc45)nc(-c4cc(-n5c6ccccc6c6cc7ccccc7cc65)cc5sc6cc7ccccc7cc6c45)n3)ccc2c1. The number of hydrogen-bond donors (Lipinski definition) is 0. The van der Waals surface area contributed by atoms with Crippen LogP contribution in [0.15, 0.2) is 199 Å². The van der Waals surface area contributed by atoms with E-state index in [9.17, 15) is 0 Å². The summed E-state index contributed by atoms with van der Waals surface area (Å²) in [6, 6.07) is 69.3. The van der Waals surface area contributed by atoms with E-state index in [1.54, 1.807) is 0 Å². The summed E-state index contributed by atoms with van der Waals surface area (Å²) in [5, 5.41) is 13.9. The van der Waals surface area contributed by atoms with Crippen molar-refractivity contribution in [2.75, 3.05) is 0 Å². The van der Waals surface area contributed by atoms with E-state index in [0.29, 0.717) is 17.5 Å². The van der Waals surface area contributed by atoms with Crippen molar-refractivity contribution in [3.8, 4) is 39.9 Å². The molecule has 0 spiro atoms. The van der Waals surface area contributed by atoms with Gasteiger partial charge in [0, 0.05) is 58.5 Å². The van der Waals surface area contributed by atoms with Gasteiger partial charge in [0.15, 0.2) is 17.5 Å². The van der Waals surface area contributed by atoms with E-state index in [0.717, 1.165) is 76.2 Å². The molecule has 0 N–H and O–H groups in total. The minimum atomic E-state index is 0.555. The standard InChI is InChI=1S/C57H32N4OS/c1-2-13-34-26-39(25-24-33(34)12-1)55-58-56(44-21-11-20-43-42-19-8-10-23-50(42)62-54(43)44)60-57(59-55)47-31-40(32-52-53(47)46-28-36-15-4-6-17-38(36)30-51(46)63-52)61-48-22-9-7-18-41(48)45-27-35-14-3-5-16-37(35)29-49(45)61/h1-32H. The second-order valence-corrected chi connectivity index (χ2v) is 17.5. The van der Waals surface area contributed by atoms with E-state index in [-0.39, 0.29) is 0 Å². The predicted molar refractivity (Wildman–Crippen MR) is 263 cm³/mol. The largest absolute Gasteiger partial charge is 0.455 e. The third-order valence-electron chi connectivity index (χ3n) is 12.8. The van der Waals surface area contributed by atoms with E-state index >= 15 is 0 Å². The Labute approximate surface area is 363 Å². The Kier molecular flexibility index (Phi) is 7.21. The molecule has 4 aromatic heterocycles. The Morgan fingerprint density at radius 3 is 1.81 bits per heavy atom. The molecular weight excluding hydrogens is 789 g/mol. The highest BCUT2D eigenvalue weighted by Gasteiger charge is 2.23. The van der Waals surface area contributed by atoms with Crippen LogP contribution in [-0.4, -0.2) is 19.5 Å². The second-order valence-electron chi connectivity index (χ2n) is 16.4. The van der Waals surface area contributed by atoms with Crippen LogP contribution in [0.4, 0.5) is 0 Å². The summed E-state index contributed by atoms with van der Waals surface area (Å²) in [4.78, 5) is 16.2. The molecule has 0 bridgehead atoms. The van der Waals surface area contributed by atoms with Gasteiger partial charge in [-0.25, -0.2) is 15.0 Å². The van der Waals surface area contributed by atoms with Gasteiger partial charge < -0.3 is 8.98 Å². The molecule has 6 heteroatoms. The highest BCUT2D eigenvalue weighted by molar-refractivity contribution is 7.26. The van der Waals surface area contributed by atoms with Gasteiger partial charge in [-0.05, 0) is 93.0 Å². The zero-order valence-corrected chi connectivity index (χ0v) is 34.4. The van der Waals surface area contributed by atoms with Crippen molar-refractivity contribution in [1.82, 2.24) is 19.5 Å². The average Bonchev–Trinajstić information content (AvgIpc) is 4.01. The molecular formula is C57H32N4OS. The smallest absolute Gasteiger partial charge is 0.167 e. The highest BCUT2D eigenvalue weighted by atomic mass is 32.1. The number of para-hydroxylation sites is 3. The quantitative estimate of drug-likeness (QED) is 0.177. The van der Waals surface area contributed by atoms with E-state index in [1.165, 1.54) is 42.4 Å². The minimum Gasteiger partial charge on any atom is -0.455 e. The minimum absolute atomic E-state index is 0.555. The predicted octanol–water partition coefficient (Wildman–Crippen LogP) is 15.7. The molecule has 0 saturated heterocycles. The molecule has 14 rings (SSSR count). The van der Waals surface area contributed by atoms with Gasteiger partial charge >= 0.3 is 0 Å². The summed E-state index contributed by atoms with van der Waals surface area (Å²) < 4.78 is 11.4. The number of furan rings is 1. The molecule has 0 unspecified atom stereocenters. The van der Waals surface area contributed by atoms with Crippen LogP contribution in [0, 0.1) is 0 Å². The van der Waals surface area contributed by atoms with Crippen molar-refractivity contribution in [3.05, 3.63) is 194 Å². The first-order valence-corrected chi connectivity index (χ1v) is 22.0. The van der Waals surface area contributed by atoms with Crippen molar-refractivity contribution < 1.29 is 4.42 Å². The van der Waals surface area contributed by atoms with Gasteiger partial charge in [0.05, 0.1) is 16.6 Å². The van der Waals surface area contributed by atoms with Gasteiger partial charge in [-0.15, -0.1) is 11.3 Å². The third kappa shape index (κ3) is 5.25. The maximum absolute atomic E-state index is 6.62. The Hall–Kier alpha value is -8.19. The maximum atomic E-state index is 6.62. The van der Waals surface area contributed by atoms with Crippen LogP contribution < -0.4 is 0 Å². The van der Waals surface area contributed by atoms with Crippen LogP contribution in [0.25, 0.3) is 136 Å². The van der Waals surface area contributed by atoms with Gasteiger partial charge in [-0.1, -0.05) is 133 Å². The normalized spacial score (nSPS) is 12.1. The zero-order chi connectivity index (χ0) is 41.2. The molecule has 10 aromatic carbocycles. The molecule has 292 valence electrons. The lowest BCUT2D eigenvalue weighted by Crippen LogP contribution is -2.02. The summed E-state index contributed by atoms with van der Waals surface area (Å²) in [5.74, 6) is 1.75. The molecule has 4 heterocycles. The zero-order valence-electron chi connectivity index (χ0n) is 33.6. The topological polar surface area (TPSA) is 56.7 Å². The monoisotopic (exact) mass is 820 g/mol. The molecule has 0 fully saturated rings. The number of fused-ring (bicyclic) bond motifs is 12. The van der Waals surface area contributed by atoms with Crippen molar-refractivity contribution >= 4 is 108 Å². The third-order valence-corrected chi connectivity index (χ3v) is 13.9. The summed E-state index contributed by atoms with van der Waals surface area (Å²) >= 11 is 1.82. The Morgan fingerprint density at radius 2 is 1.00 bits per heavy atom. The van der Waals surface area contributed by atoms with Crippen molar-refractivity contribution in [3.63, 3.8) is 0 Å². The fraction of sp³-hybridized carbons (Fsp3) is 0. The molecule has 0 saturated carbocycles. The van der Waals surface area contributed by atoms with Gasteiger partial charge in [-0.3, -0.25) is 0 Å². The molecule has 0 aliphatic carbocycles. The molecule has 0 aliphatic rings. The Morgan fingerprint density at radius 1 is 0.381 bits per heavy atom. The molecule has 5 nitrogen and oxygen atoms in total. The first kappa shape index (κ1) is 34.5. The molecule has 14 aromatic rings. The van der Waals surface area contributed by atoms with Crippen LogP contribution in [0.2, 0.25) is 0 Å². The molecule has 0 atom stereocenters. The summed E-state index contributed by atoms with van der Waals surface area (Å²) in [7, 11) is 0. The number of benzene rings is 10. The Balaban J connectivity index is 1.11. The van der Waals surface area contributed by atoms with Crippen LogP contribution in [0.3, 0.4) is 0 Å². The highest BCUT2D eigenvalue weighted by Crippen LogP contribution is 2.45. The molecule has 0 radical (unpaired) electrons. The van der Waals surface area contributed by atoms with E-state index in [4.69, 9.17) is 19.4 Å². The summed E-state index contributed by atoms with van der Waals surface area (Å²) in [5.41, 5.74) is 7.59. The van der Waals surface area contributed by atoms with Gasteiger partial charge in [0.25, 0.3) is 0 Å². The molecule has 63 heavy (non-hydrogen) atoms. The summed E-state index contributed by atoms with van der Waals surface area (Å²) in [6.45, 7) is 0. The first-order chi connectivity index (χ1) is 31.2. The Bertz CT molecular complexity index is 4230. The number of thiophene rings is 1. The van der Waals surface area contributed by atoms with Crippen molar-refractivity contribution in [1.29, 1.82) is 0 Å². The van der Waals surface area contributed by atoms with Crippen molar-refractivity contribution in [2.24, 2.45) is 0 Å². The van der Waals surface area contributed by atoms with Crippen LogP contribution >= 0.6 is 11.3 Å². The lowest BCUT2D eigenvalue weighted by Gasteiger charge is -2.14. The van der Waals surface area contributed by atoms with E-state index < -0.39 is 0 Å². The fourth-order valence-electron chi connectivity index (χ4n) is 9.81. The maximum Gasteiger partial charge on any atom is 0.167 e. The number of aromatic nitrogens is 4. The lowest BCUT2D eigenvalue weighted by atomic mass is 10.0. The fourth-order valence-corrected chi connectivity index (χ4v) is 11.0. The van der Waals surface area contributed by atoms with E-state index in [2.05, 4.69) is 187 Å².